The lowest BCUT2D eigenvalue weighted by molar-refractivity contribution is -0.118. The molecule has 2 aliphatic rings. The summed E-state index contributed by atoms with van der Waals surface area (Å²) in [5.74, 6) is 0.506. The standard InChI is InChI=1S/C13H16BrNO/c1-8-9(10-5-13(10,14)7-15)4-12(2,3)6-11(8)16/h10H,4-6H2,1-3H3/t10-,13+/m0/s1. The Balaban J connectivity index is 2.31. The Labute approximate surface area is 105 Å². The third-order valence-electron chi connectivity index (χ3n) is 3.71. The number of hydrogen-bond donors (Lipinski definition) is 0. The molecule has 2 rings (SSSR count). The van der Waals surface area contributed by atoms with Crippen molar-refractivity contribution in [1.29, 1.82) is 5.26 Å². The van der Waals surface area contributed by atoms with Crippen LogP contribution in [-0.2, 0) is 4.79 Å². The molecule has 2 atom stereocenters. The minimum Gasteiger partial charge on any atom is -0.295 e. The molecule has 2 nitrogen and oxygen atoms in total. The van der Waals surface area contributed by atoms with Gasteiger partial charge in [-0.2, -0.15) is 5.26 Å². The molecular formula is C13H16BrNO. The van der Waals surface area contributed by atoms with Crippen molar-refractivity contribution < 1.29 is 4.79 Å². The maximum Gasteiger partial charge on any atom is 0.159 e. The van der Waals surface area contributed by atoms with E-state index in [4.69, 9.17) is 5.26 Å². The van der Waals surface area contributed by atoms with Gasteiger partial charge in [-0.25, -0.2) is 0 Å². The Kier molecular flexibility index (Phi) is 2.54. The molecule has 0 unspecified atom stereocenters. The number of carbonyl (C=O) groups is 1. The van der Waals surface area contributed by atoms with Crippen molar-refractivity contribution in [2.75, 3.05) is 0 Å². The van der Waals surface area contributed by atoms with Crippen LogP contribution >= 0.6 is 15.9 Å². The largest absolute Gasteiger partial charge is 0.295 e. The third kappa shape index (κ3) is 1.84. The first-order valence-corrected chi connectivity index (χ1v) is 6.41. The fourth-order valence-electron chi connectivity index (χ4n) is 2.60. The molecule has 0 aliphatic heterocycles. The summed E-state index contributed by atoms with van der Waals surface area (Å²) in [6, 6.07) is 2.30. The highest BCUT2D eigenvalue weighted by atomic mass is 79.9. The van der Waals surface area contributed by atoms with Crippen molar-refractivity contribution in [3.05, 3.63) is 11.1 Å². The van der Waals surface area contributed by atoms with Gasteiger partial charge in [-0.05, 0) is 30.8 Å². The van der Waals surface area contributed by atoms with E-state index in [1.54, 1.807) is 0 Å². The van der Waals surface area contributed by atoms with Crippen molar-refractivity contribution in [3.63, 3.8) is 0 Å². The van der Waals surface area contributed by atoms with Crippen molar-refractivity contribution in [3.8, 4) is 6.07 Å². The highest BCUT2D eigenvalue weighted by Gasteiger charge is 2.56. The predicted molar refractivity (Wildman–Crippen MR) is 66.1 cm³/mol. The number of halogens is 1. The van der Waals surface area contributed by atoms with Crippen LogP contribution < -0.4 is 0 Å². The van der Waals surface area contributed by atoms with Crippen molar-refractivity contribution in [1.82, 2.24) is 0 Å². The molecule has 1 saturated carbocycles. The first-order chi connectivity index (χ1) is 7.29. The highest BCUT2D eigenvalue weighted by molar-refractivity contribution is 9.10. The molecule has 0 aromatic rings. The number of nitriles is 1. The summed E-state index contributed by atoms with van der Waals surface area (Å²) < 4.78 is -0.392. The van der Waals surface area contributed by atoms with E-state index in [-0.39, 0.29) is 17.1 Å². The van der Waals surface area contributed by atoms with Gasteiger partial charge in [0.15, 0.2) is 5.78 Å². The molecule has 3 heteroatoms. The predicted octanol–water partition coefficient (Wildman–Crippen LogP) is 3.37. The molecule has 16 heavy (non-hydrogen) atoms. The molecular weight excluding hydrogens is 266 g/mol. The van der Waals surface area contributed by atoms with Crippen molar-refractivity contribution in [2.45, 2.75) is 44.4 Å². The quantitative estimate of drug-likeness (QED) is 0.692. The molecule has 0 saturated heterocycles. The Morgan fingerprint density at radius 3 is 2.56 bits per heavy atom. The fourth-order valence-corrected chi connectivity index (χ4v) is 3.20. The summed E-state index contributed by atoms with van der Waals surface area (Å²) in [7, 11) is 0. The van der Waals surface area contributed by atoms with Gasteiger partial charge < -0.3 is 0 Å². The SMILES string of the molecule is CC1=C([C@@H]2C[C@@]2(Br)C#N)CC(C)(C)CC1=O. The summed E-state index contributed by atoms with van der Waals surface area (Å²) in [5, 5.41) is 9.04. The van der Waals surface area contributed by atoms with E-state index in [9.17, 15) is 4.79 Å². The first kappa shape index (κ1) is 11.9. The van der Waals surface area contributed by atoms with Gasteiger partial charge in [0, 0.05) is 12.3 Å². The van der Waals surface area contributed by atoms with E-state index >= 15 is 0 Å². The van der Waals surface area contributed by atoms with Gasteiger partial charge >= 0.3 is 0 Å². The average molecular weight is 282 g/mol. The summed E-state index contributed by atoms with van der Waals surface area (Å²) in [6.07, 6.45) is 2.43. The van der Waals surface area contributed by atoms with Gasteiger partial charge in [-0.15, -0.1) is 0 Å². The summed E-state index contributed by atoms with van der Waals surface area (Å²) in [4.78, 5) is 11.9. The van der Waals surface area contributed by atoms with E-state index in [2.05, 4.69) is 35.8 Å². The van der Waals surface area contributed by atoms with Crippen LogP contribution in [0.25, 0.3) is 0 Å². The maximum absolute atomic E-state index is 11.9. The minimum absolute atomic E-state index is 0.0535. The van der Waals surface area contributed by atoms with E-state index in [1.807, 2.05) is 6.92 Å². The zero-order valence-corrected chi connectivity index (χ0v) is 11.5. The van der Waals surface area contributed by atoms with Gasteiger partial charge in [0.1, 0.15) is 4.32 Å². The number of carbonyl (C=O) groups excluding carboxylic acids is 1. The first-order valence-electron chi connectivity index (χ1n) is 5.62. The molecule has 2 aliphatic carbocycles. The van der Waals surface area contributed by atoms with E-state index in [1.165, 1.54) is 5.57 Å². The van der Waals surface area contributed by atoms with Crippen molar-refractivity contribution in [2.24, 2.45) is 11.3 Å². The Hall–Kier alpha value is -0.620. The van der Waals surface area contributed by atoms with Crippen LogP contribution in [0.2, 0.25) is 0 Å². The Morgan fingerprint density at radius 2 is 2.06 bits per heavy atom. The van der Waals surface area contributed by atoms with Gasteiger partial charge in [0.05, 0.1) is 6.07 Å². The van der Waals surface area contributed by atoms with E-state index < -0.39 is 4.32 Å². The third-order valence-corrected chi connectivity index (χ3v) is 4.76. The van der Waals surface area contributed by atoms with Crippen LogP contribution in [-0.4, -0.2) is 10.1 Å². The lowest BCUT2D eigenvalue weighted by Crippen LogP contribution is -2.26. The second-order valence-electron chi connectivity index (χ2n) is 5.82. The van der Waals surface area contributed by atoms with Gasteiger partial charge in [-0.3, -0.25) is 4.79 Å². The van der Waals surface area contributed by atoms with Crippen LogP contribution in [0.15, 0.2) is 11.1 Å². The smallest absolute Gasteiger partial charge is 0.159 e. The number of Topliss-reactive ketones (excluding diaryl/α,β-unsaturated/α-hetero) is 1. The van der Waals surface area contributed by atoms with Crippen molar-refractivity contribution >= 4 is 21.7 Å². The zero-order valence-electron chi connectivity index (χ0n) is 9.93. The molecule has 0 aromatic heterocycles. The number of allylic oxidation sites excluding steroid dienone is 2. The maximum atomic E-state index is 11.9. The Bertz CT molecular complexity index is 430. The second kappa shape index (κ2) is 3.43. The van der Waals surface area contributed by atoms with Crippen LogP contribution in [0, 0.1) is 22.7 Å². The molecule has 0 N–H and O–H groups in total. The zero-order chi connectivity index (χ0) is 12.1. The Morgan fingerprint density at radius 1 is 1.44 bits per heavy atom. The second-order valence-corrected chi connectivity index (χ2v) is 7.24. The fraction of sp³-hybridized carbons (Fsp3) is 0.692. The van der Waals surface area contributed by atoms with Crippen LogP contribution in [0.5, 0.6) is 0 Å². The molecule has 86 valence electrons. The number of alkyl halides is 1. The molecule has 0 radical (unpaired) electrons. The molecule has 1 fully saturated rings. The monoisotopic (exact) mass is 281 g/mol. The number of ketones is 1. The molecule has 0 aromatic carbocycles. The van der Waals surface area contributed by atoms with E-state index in [0.29, 0.717) is 6.42 Å². The van der Waals surface area contributed by atoms with Crippen LogP contribution in [0.3, 0.4) is 0 Å². The minimum atomic E-state index is -0.392. The summed E-state index contributed by atoms with van der Waals surface area (Å²) >= 11 is 3.47. The van der Waals surface area contributed by atoms with Crippen LogP contribution in [0.4, 0.5) is 0 Å². The molecule has 0 spiro atoms. The number of rotatable bonds is 1. The normalized spacial score (nSPS) is 37.2. The van der Waals surface area contributed by atoms with Gasteiger partial charge in [0.25, 0.3) is 0 Å². The molecule has 0 heterocycles. The van der Waals surface area contributed by atoms with Gasteiger partial charge in [0.2, 0.25) is 0 Å². The lowest BCUT2D eigenvalue weighted by Gasteiger charge is -2.31. The summed E-state index contributed by atoms with van der Waals surface area (Å²) in [5.41, 5.74) is 2.17. The summed E-state index contributed by atoms with van der Waals surface area (Å²) in [6.45, 7) is 6.17. The average Bonchev–Trinajstić information content (AvgIpc) is 2.85. The topological polar surface area (TPSA) is 40.9 Å². The number of nitrogens with zero attached hydrogens (tertiary/aromatic N) is 1. The molecule has 0 amide bonds. The number of hydrogen-bond acceptors (Lipinski definition) is 2. The van der Waals surface area contributed by atoms with Gasteiger partial charge in [-0.1, -0.05) is 35.4 Å². The van der Waals surface area contributed by atoms with E-state index in [0.717, 1.165) is 18.4 Å². The highest BCUT2D eigenvalue weighted by Crippen LogP contribution is 2.58. The van der Waals surface area contributed by atoms with Crippen LogP contribution in [0.1, 0.15) is 40.0 Å². The molecule has 0 bridgehead atoms. The lowest BCUT2D eigenvalue weighted by atomic mass is 9.72.